The number of hydrogen-bond acceptors (Lipinski definition) is 4. The highest BCUT2D eigenvalue weighted by Crippen LogP contribution is 1.69. The lowest BCUT2D eigenvalue weighted by molar-refractivity contribution is 0.154. The molecular formula is C2H6BN2O2. The molecule has 0 amide bonds. The van der Waals surface area contributed by atoms with Crippen LogP contribution in [-0.2, 0) is 9.51 Å². The molecule has 0 bridgehead atoms. The third-order valence-electron chi connectivity index (χ3n) is 0.592. The van der Waals surface area contributed by atoms with Crippen molar-refractivity contribution in [1.29, 1.82) is 0 Å². The van der Waals surface area contributed by atoms with Gasteiger partial charge in [0.05, 0.1) is 0 Å². The fourth-order valence-corrected chi connectivity index (χ4v) is 0.312. The lowest BCUT2D eigenvalue weighted by Gasteiger charge is -1.91. The Morgan fingerprint density at radius 2 is 1.71 bits per heavy atom. The van der Waals surface area contributed by atoms with Crippen LogP contribution in [0.4, 0.5) is 0 Å². The van der Waals surface area contributed by atoms with Gasteiger partial charge >= 0.3 is 7.69 Å². The zero-order chi connectivity index (χ0) is 4.95. The standard InChI is InChI=1S/C2H6BN2O2/c1-2-5-7-3-6-4-1/h4-5H,1-2H2. The van der Waals surface area contributed by atoms with Gasteiger partial charge in [-0.3, -0.25) is 0 Å². The molecule has 1 aliphatic heterocycles. The first-order valence-electron chi connectivity index (χ1n) is 2.09. The van der Waals surface area contributed by atoms with E-state index >= 15 is 0 Å². The van der Waals surface area contributed by atoms with Gasteiger partial charge in [-0.05, 0) is 0 Å². The van der Waals surface area contributed by atoms with Crippen molar-refractivity contribution < 1.29 is 9.51 Å². The predicted molar refractivity (Wildman–Crippen MR) is 23.9 cm³/mol. The molecule has 5 heteroatoms. The van der Waals surface area contributed by atoms with E-state index in [-0.39, 0.29) is 0 Å². The molecule has 1 fully saturated rings. The summed E-state index contributed by atoms with van der Waals surface area (Å²) in [7, 11) is 1.20. The average molecular weight is 101 g/mol. The minimum Gasteiger partial charge on any atom is -0.327 e. The monoisotopic (exact) mass is 101 g/mol. The fourth-order valence-electron chi connectivity index (χ4n) is 0.312. The van der Waals surface area contributed by atoms with Crippen LogP contribution in [-0.4, -0.2) is 20.8 Å². The van der Waals surface area contributed by atoms with Crippen LogP contribution in [0.2, 0.25) is 0 Å². The summed E-state index contributed by atoms with van der Waals surface area (Å²) < 4.78 is 9.07. The second-order valence-electron chi connectivity index (χ2n) is 1.12. The lowest BCUT2D eigenvalue weighted by atomic mass is 10.4. The zero-order valence-electron chi connectivity index (χ0n) is 3.81. The Balaban J connectivity index is 2.04. The normalized spacial score (nSPS) is 22.9. The van der Waals surface area contributed by atoms with Gasteiger partial charge < -0.3 is 9.51 Å². The van der Waals surface area contributed by atoms with Gasteiger partial charge in [0.25, 0.3) is 0 Å². The molecule has 1 heterocycles. The van der Waals surface area contributed by atoms with Gasteiger partial charge in [-0.1, -0.05) is 0 Å². The maximum Gasteiger partial charge on any atom is 0.525 e. The first-order chi connectivity index (χ1) is 3.50. The minimum absolute atomic E-state index is 0.760. The maximum atomic E-state index is 4.53. The van der Waals surface area contributed by atoms with Gasteiger partial charge in [0, 0.05) is 13.1 Å². The van der Waals surface area contributed by atoms with Crippen molar-refractivity contribution >= 4 is 7.69 Å². The van der Waals surface area contributed by atoms with Gasteiger partial charge in [-0.2, -0.15) is 0 Å². The van der Waals surface area contributed by atoms with Gasteiger partial charge in [-0.25, -0.2) is 11.0 Å². The second-order valence-corrected chi connectivity index (χ2v) is 1.12. The summed E-state index contributed by atoms with van der Waals surface area (Å²) in [4.78, 5) is 0. The van der Waals surface area contributed by atoms with Gasteiger partial charge in [0.1, 0.15) is 0 Å². The molecule has 0 unspecified atom stereocenters. The van der Waals surface area contributed by atoms with E-state index in [2.05, 4.69) is 20.5 Å². The lowest BCUT2D eigenvalue weighted by Crippen LogP contribution is -2.19. The highest BCUT2D eigenvalue weighted by Gasteiger charge is 1.97. The van der Waals surface area contributed by atoms with Crippen molar-refractivity contribution in [3.8, 4) is 0 Å². The average Bonchev–Trinajstić information content (AvgIpc) is 1.90. The van der Waals surface area contributed by atoms with Gasteiger partial charge in [-0.15, -0.1) is 0 Å². The molecular weight excluding hydrogens is 94.8 g/mol. The highest BCUT2D eigenvalue weighted by molar-refractivity contribution is 6.17. The van der Waals surface area contributed by atoms with Crippen molar-refractivity contribution in [2.75, 3.05) is 13.1 Å². The van der Waals surface area contributed by atoms with Crippen LogP contribution < -0.4 is 11.0 Å². The number of nitrogens with one attached hydrogen (secondary N) is 2. The summed E-state index contributed by atoms with van der Waals surface area (Å²) in [5, 5.41) is 0. The maximum absolute atomic E-state index is 4.53. The largest absolute Gasteiger partial charge is 0.525 e. The minimum atomic E-state index is 0.760. The molecule has 1 saturated heterocycles. The van der Waals surface area contributed by atoms with E-state index < -0.39 is 0 Å². The molecule has 1 aliphatic rings. The molecule has 39 valence electrons. The molecule has 0 aromatic carbocycles. The summed E-state index contributed by atoms with van der Waals surface area (Å²) in [6.07, 6.45) is 0. The van der Waals surface area contributed by atoms with E-state index in [4.69, 9.17) is 0 Å². The molecule has 0 saturated carbocycles. The summed E-state index contributed by atoms with van der Waals surface area (Å²) in [5.74, 6) is 0. The number of hydrogen-bond donors (Lipinski definition) is 2. The van der Waals surface area contributed by atoms with Crippen molar-refractivity contribution in [2.45, 2.75) is 0 Å². The highest BCUT2D eigenvalue weighted by atomic mass is 16.7. The van der Waals surface area contributed by atoms with Crippen LogP contribution in [0.5, 0.6) is 0 Å². The van der Waals surface area contributed by atoms with E-state index in [0.717, 1.165) is 13.1 Å². The third kappa shape index (κ3) is 1.89. The zero-order valence-corrected chi connectivity index (χ0v) is 3.81. The van der Waals surface area contributed by atoms with E-state index in [9.17, 15) is 0 Å². The second kappa shape index (κ2) is 2.98. The molecule has 0 aromatic heterocycles. The molecule has 1 rings (SSSR count). The summed E-state index contributed by atoms with van der Waals surface area (Å²) in [6, 6.07) is 0. The van der Waals surface area contributed by atoms with Crippen LogP contribution in [0.15, 0.2) is 0 Å². The Kier molecular flexibility index (Phi) is 2.15. The number of hydroxylamine groups is 2. The van der Waals surface area contributed by atoms with Crippen LogP contribution in [0.25, 0.3) is 0 Å². The van der Waals surface area contributed by atoms with Crippen LogP contribution in [0.1, 0.15) is 0 Å². The molecule has 0 spiro atoms. The van der Waals surface area contributed by atoms with Crippen LogP contribution >= 0.6 is 0 Å². The first-order valence-corrected chi connectivity index (χ1v) is 2.09. The predicted octanol–water partition coefficient (Wildman–Crippen LogP) is -1.42. The van der Waals surface area contributed by atoms with Gasteiger partial charge in [0.2, 0.25) is 0 Å². The smallest absolute Gasteiger partial charge is 0.327 e. The summed E-state index contributed by atoms with van der Waals surface area (Å²) in [5.41, 5.74) is 5.21. The van der Waals surface area contributed by atoms with E-state index in [1.165, 1.54) is 7.69 Å². The Bertz CT molecular complexity index is 33.3. The Morgan fingerprint density at radius 1 is 1.14 bits per heavy atom. The molecule has 1 radical (unpaired) electrons. The third-order valence-corrected chi connectivity index (χ3v) is 0.592. The summed E-state index contributed by atoms with van der Waals surface area (Å²) >= 11 is 0. The van der Waals surface area contributed by atoms with Crippen LogP contribution in [0.3, 0.4) is 0 Å². The van der Waals surface area contributed by atoms with Crippen molar-refractivity contribution in [3.63, 3.8) is 0 Å². The fraction of sp³-hybridized carbons (Fsp3) is 1.00. The van der Waals surface area contributed by atoms with E-state index in [1.54, 1.807) is 0 Å². The Labute approximate surface area is 42.4 Å². The molecule has 4 nitrogen and oxygen atoms in total. The summed E-state index contributed by atoms with van der Waals surface area (Å²) in [6.45, 7) is 1.52. The van der Waals surface area contributed by atoms with Crippen molar-refractivity contribution in [3.05, 3.63) is 0 Å². The molecule has 0 atom stereocenters. The van der Waals surface area contributed by atoms with E-state index in [1.807, 2.05) is 0 Å². The van der Waals surface area contributed by atoms with E-state index in [0.29, 0.717) is 0 Å². The molecule has 7 heavy (non-hydrogen) atoms. The topological polar surface area (TPSA) is 42.5 Å². The molecule has 2 N–H and O–H groups in total. The quantitative estimate of drug-likeness (QED) is 0.367. The van der Waals surface area contributed by atoms with Crippen molar-refractivity contribution in [1.82, 2.24) is 11.0 Å². The van der Waals surface area contributed by atoms with Gasteiger partial charge in [0.15, 0.2) is 0 Å². The van der Waals surface area contributed by atoms with Crippen molar-refractivity contribution in [2.24, 2.45) is 0 Å². The number of rotatable bonds is 0. The molecule has 0 aliphatic carbocycles. The van der Waals surface area contributed by atoms with Crippen LogP contribution in [0, 0.1) is 0 Å². The Hall–Kier alpha value is -0.0951. The molecule has 0 aromatic rings. The Morgan fingerprint density at radius 3 is 2.29 bits per heavy atom. The SMILES string of the molecule is [B]1ONCCNO1. The first kappa shape index (κ1) is 5.05.